The molecule has 4 rings (SSSR count). The molecule has 2 heteroatoms. The van der Waals surface area contributed by atoms with Crippen LogP contribution in [0.25, 0.3) is 0 Å². The summed E-state index contributed by atoms with van der Waals surface area (Å²) in [6.07, 6.45) is 35.4. The molecule has 0 amide bonds. The third kappa shape index (κ3) is 10.1. The highest BCUT2D eigenvalue weighted by Gasteiger charge is 2.59. The van der Waals surface area contributed by atoms with Crippen LogP contribution in [0.5, 0.6) is 0 Å². The molecule has 4 aliphatic rings. The lowest BCUT2D eigenvalue weighted by atomic mass is 9.47. The summed E-state index contributed by atoms with van der Waals surface area (Å²) in [6.45, 7) is 17.5. The van der Waals surface area contributed by atoms with E-state index in [9.17, 15) is 4.79 Å². The molecule has 0 saturated heterocycles. The summed E-state index contributed by atoms with van der Waals surface area (Å²) in [6, 6.07) is 0. The van der Waals surface area contributed by atoms with Crippen LogP contribution in [0, 0.1) is 52.3 Å². The molecule has 9 atom stereocenters. The summed E-state index contributed by atoms with van der Waals surface area (Å²) in [5, 5.41) is 0. The van der Waals surface area contributed by atoms with Gasteiger partial charge in [0.2, 0.25) is 0 Å². The minimum absolute atomic E-state index is 0.0640. The molecule has 0 bridgehead atoms. The molecule has 4 aliphatic carbocycles. The lowest BCUT2D eigenvalue weighted by Crippen LogP contribution is -2.51. The van der Waals surface area contributed by atoms with Crippen molar-refractivity contribution in [3.8, 4) is 0 Å². The fourth-order valence-electron chi connectivity index (χ4n) is 11.9. The average molecular weight is 653 g/mol. The molecule has 0 aromatic rings. The van der Waals surface area contributed by atoms with Gasteiger partial charge in [0.25, 0.3) is 0 Å². The molecule has 47 heavy (non-hydrogen) atoms. The van der Waals surface area contributed by atoms with E-state index in [1.165, 1.54) is 135 Å². The molecule has 0 heterocycles. The van der Waals surface area contributed by atoms with Crippen LogP contribution in [0.15, 0.2) is 11.6 Å². The van der Waals surface area contributed by atoms with E-state index in [2.05, 4.69) is 54.5 Å². The summed E-state index contributed by atoms with van der Waals surface area (Å²) in [4.78, 5) is 12.8. The van der Waals surface area contributed by atoms with Crippen LogP contribution in [0.3, 0.4) is 0 Å². The van der Waals surface area contributed by atoms with Gasteiger partial charge in [-0.3, -0.25) is 4.79 Å². The van der Waals surface area contributed by atoms with Gasteiger partial charge in [-0.1, -0.05) is 150 Å². The monoisotopic (exact) mass is 653 g/mol. The van der Waals surface area contributed by atoms with Gasteiger partial charge < -0.3 is 4.74 Å². The van der Waals surface area contributed by atoms with E-state index < -0.39 is 0 Å². The second-order valence-corrected chi connectivity index (χ2v) is 18.3. The van der Waals surface area contributed by atoms with Gasteiger partial charge in [-0.05, 0) is 110 Å². The summed E-state index contributed by atoms with van der Waals surface area (Å²) in [5.41, 5.74) is 2.52. The van der Waals surface area contributed by atoms with E-state index in [0.717, 1.165) is 60.7 Å². The van der Waals surface area contributed by atoms with E-state index in [-0.39, 0.29) is 12.1 Å². The van der Waals surface area contributed by atoms with Gasteiger partial charge >= 0.3 is 5.97 Å². The van der Waals surface area contributed by atoms with E-state index in [4.69, 9.17) is 4.74 Å². The molecule has 0 aromatic carbocycles. The van der Waals surface area contributed by atoms with Crippen molar-refractivity contribution < 1.29 is 9.53 Å². The minimum atomic E-state index is 0.0640. The zero-order chi connectivity index (χ0) is 33.9. The number of allylic oxidation sites excluding steroid dienone is 1. The third-order valence-electron chi connectivity index (χ3n) is 15.1. The molecule has 0 aromatic heterocycles. The second kappa shape index (κ2) is 19.0. The van der Waals surface area contributed by atoms with E-state index >= 15 is 0 Å². The lowest BCUT2D eigenvalue weighted by molar-refractivity contribution is -0.151. The van der Waals surface area contributed by atoms with Gasteiger partial charge in [-0.25, -0.2) is 0 Å². The van der Waals surface area contributed by atoms with E-state index in [0.29, 0.717) is 17.3 Å². The Kier molecular flexibility index (Phi) is 15.8. The van der Waals surface area contributed by atoms with E-state index in [1.54, 1.807) is 5.57 Å². The average Bonchev–Trinajstić information content (AvgIpc) is 3.41. The molecule has 3 saturated carbocycles. The molecule has 3 fully saturated rings. The number of ether oxygens (including phenoxy) is 1. The Labute approximate surface area is 293 Å². The fourth-order valence-corrected chi connectivity index (χ4v) is 11.9. The number of fused-ring (bicyclic) bond motifs is 5. The Morgan fingerprint density at radius 3 is 2.04 bits per heavy atom. The van der Waals surface area contributed by atoms with Crippen molar-refractivity contribution in [3.05, 3.63) is 11.6 Å². The second-order valence-electron chi connectivity index (χ2n) is 18.3. The lowest BCUT2D eigenvalue weighted by Gasteiger charge is -2.58. The number of carbonyl (C=O) groups excluding carboxylic acids is 1. The number of esters is 1. The summed E-state index contributed by atoms with van der Waals surface area (Å²) in [7, 11) is 0. The molecule has 0 spiro atoms. The Bertz CT molecular complexity index is 950. The zero-order valence-electron chi connectivity index (χ0n) is 32.7. The molecule has 272 valence electrons. The minimum Gasteiger partial charge on any atom is -0.462 e. The van der Waals surface area contributed by atoms with Crippen LogP contribution in [-0.4, -0.2) is 12.1 Å². The topological polar surface area (TPSA) is 26.3 Å². The molecule has 0 radical (unpaired) electrons. The normalized spacial score (nSPS) is 33.1. The van der Waals surface area contributed by atoms with Crippen LogP contribution < -0.4 is 0 Å². The van der Waals surface area contributed by atoms with Crippen LogP contribution in [0.2, 0.25) is 0 Å². The smallest absolute Gasteiger partial charge is 0.306 e. The van der Waals surface area contributed by atoms with Gasteiger partial charge in [0, 0.05) is 12.8 Å². The molecule has 2 nitrogen and oxygen atoms in total. The first-order chi connectivity index (χ1) is 22.6. The van der Waals surface area contributed by atoms with Crippen molar-refractivity contribution in [2.45, 2.75) is 215 Å². The number of rotatable bonds is 21. The van der Waals surface area contributed by atoms with Gasteiger partial charge in [-0.2, -0.15) is 0 Å². The van der Waals surface area contributed by atoms with Crippen molar-refractivity contribution >= 4 is 5.97 Å². The molecular weight excluding hydrogens is 572 g/mol. The van der Waals surface area contributed by atoms with Crippen LogP contribution in [0.1, 0.15) is 209 Å². The Balaban J connectivity index is 1.16. The van der Waals surface area contributed by atoms with Crippen molar-refractivity contribution in [2.24, 2.45) is 52.3 Å². The molecular formula is C45H80O2. The first-order valence-electron chi connectivity index (χ1n) is 21.5. The summed E-state index contributed by atoms with van der Waals surface area (Å²) < 4.78 is 6.14. The first kappa shape index (κ1) is 39.0. The molecule has 0 aliphatic heterocycles. The van der Waals surface area contributed by atoms with Gasteiger partial charge in [0.05, 0.1) is 0 Å². The van der Waals surface area contributed by atoms with Gasteiger partial charge in [0.15, 0.2) is 0 Å². The SMILES string of the molecule is CCCCCCCCCCCCCCCC(=O)O[C@H]1CC[C@@]2(C)C(=CC[C@@H]3[C@H]4CC[C@H]([C@H](C)CC[C@H](CC)C(C)C)[C@@]4(C)CC[C@@H]32)C1. The number of hydrogen-bond acceptors (Lipinski definition) is 2. The fraction of sp³-hybridized carbons (Fsp3) is 0.933. The zero-order valence-corrected chi connectivity index (χ0v) is 32.7. The van der Waals surface area contributed by atoms with Crippen LogP contribution in [0.4, 0.5) is 0 Å². The summed E-state index contributed by atoms with van der Waals surface area (Å²) in [5.74, 6) is 6.18. The van der Waals surface area contributed by atoms with E-state index in [1.807, 2.05) is 0 Å². The van der Waals surface area contributed by atoms with Crippen molar-refractivity contribution in [1.29, 1.82) is 0 Å². The number of carbonyl (C=O) groups is 1. The Hall–Kier alpha value is -0.790. The first-order valence-corrected chi connectivity index (χ1v) is 21.5. The molecule has 0 N–H and O–H groups in total. The third-order valence-corrected chi connectivity index (χ3v) is 15.1. The van der Waals surface area contributed by atoms with Crippen LogP contribution in [-0.2, 0) is 9.53 Å². The molecule has 0 unspecified atom stereocenters. The number of unbranched alkanes of at least 4 members (excludes halogenated alkanes) is 12. The largest absolute Gasteiger partial charge is 0.462 e. The van der Waals surface area contributed by atoms with Gasteiger partial charge in [0.1, 0.15) is 6.10 Å². The maximum Gasteiger partial charge on any atom is 0.306 e. The van der Waals surface area contributed by atoms with Crippen molar-refractivity contribution in [3.63, 3.8) is 0 Å². The number of hydrogen-bond donors (Lipinski definition) is 0. The standard InChI is InChI=1S/C45H80O2/c1-8-10-11-12-13-14-15-16-17-18-19-20-21-22-43(46)47-38-29-31-44(6)37(33-38)25-26-39-41-28-27-40(45(41,7)32-30-42(39)44)35(5)23-24-36(9-2)34(3)4/h25,34-36,38-42H,8-24,26-33H2,1-7H3/t35-,36+,38+,39-,40-,41-,42+,44+,45-/m1/s1. The quantitative estimate of drug-likeness (QED) is 0.0700. The highest BCUT2D eigenvalue weighted by Crippen LogP contribution is 2.67. The Morgan fingerprint density at radius 2 is 1.43 bits per heavy atom. The summed E-state index contributed by atoms with van der Waals surface area (Å²) >= 11 is 0. The Morgan fingerprint density at radius 1 is 0.787 bits per heavy atom. The predicted octanol–water partition coefficient (Wildman–Crippen LogP) is 14.1. The maximum absolute atomic E-state index is 12.8. The highest BCUT2D eigenvalue weighted by atomic mass is 16.5. The van der Waals surface area contributed by atoms with Crippen molar-refractivity contribution in [1.82, 2.24) is 0 Å². The highest BCUT2D eigenvalue weighted by molar-refractivity contribution is 5.69. The van der Waals surface area contributed by atoms with Crippen molar-refractivity contribution in [2.75, 3.05) is 0 Å². The van der Waals surface area contributed by atoms with Crippen LogP contribution >= 0.6 is 0 Å². The predicted molar refractivity (Wildman–Crippen MR) is 202 cm³/mol. The van der Waals surface area contributed by atoms with Gasteiger partial charge in [-0.15, -0.1) is 0 Å². The maximum atomic E-state index is 12.8.